The summed E-state index contributed by atoms with van der Waals surface area (Å²) in [6, 6.07) is 19.2. The molecule has 0 atom stereocenters. The van der Waals surface area contributed by atoms with Gasteiger partial charge in [-0.1, -0.05) is 54.1 Å². The summed E-state index contributed by atoms with van der Waals surface area (Å²) >= 11 is 6.40. The van der Waals surface area contributed by atoms with Gasteiger partial charge in [-0.05, 0) is 35.4 Å². The number of ether oxygens (including phenoxy) is 4. The van der Waals surface area contributed by atoms with E-state index in [-0.39, 0.29) is 0 Å². The third-order valence-corrected chi connectivity index (χ3v) is 5.31. The molecule has 0 N–H and O–H groups in total. The Morgan fingerprint density at radius 3 is 2.18 bits per heavy atom. The lowest BCUT2D eigenvalue weighted by Crippen LogP contribution is -1.97. The maximum absolute atomic E-state index is 6.40. The minimum atomic E-state index is 0.336. The van der Waals surface area contributed by atoms with E-state index in [0.717, 1.165) is 11.1 Å². The highest BCUT2D eigenvalue weighted by molar-refractivity contribution is 6.34. The lowest BCUT2D eigenvalue weighted by atomic mass is 10.1. The van der Waals surface area contributed by atoms with Crippen molar-refractivity contribution in [3.05, 3.63) is 82.8 Å². The predicted octanol–water partition coefficient (Wildman–Crippen LogP) is 6.06. The van der Waals surface area contributed by atoms with E-state index in [1.807, 2.05) is 54.6 Å². The molecule has 168 valence electrons. The lowest BCUT2D eigenvalue weighted by Gasteiger charge is -2.11. The summed E-state index contributed by atoms with van der Waals surface area (Å²) in [7, 11) is 4.77. The highest BCUT2D eigenvalue weighted by atomic mass is 35.5. The highest BCUT2D eigenvalue weighted by Crippen LogP contribution is 2.34. The second-order valence-electron chi connectivity index (χ2n) is 7.11. The van der Waals surface area contributed by atoms with E-state index >= 15 is 0 Å². The first-order valence-electron chi connectivity index (χ1n) is 10.2. The van der Waals surface area contributed by atoms with Gasteiger partial charge >= 0.3 is 0 Å². The monoisotopic (exact) mass is 462 g/mol. The molecule has 4 aromatic rings. The maximum Gasteiger partial charge on any atom is 0.162 e. The van der Waals surface area contributed by atoms with Crippen LogP contribution in [-0.4, -0.2) is 31.3 Å². The fourth-order valence-corrected chi connectivity index (χ4v) is 3.56. The summed E-state index contributed by atoms with van der Waals surface area (Å²) in [5.41, 5.74) is 2.66. The van der Waals surface area contributed by atoms with Gasteiger partial charge in [0.05, 0.1) is 26.8 Å². The van der Waals surface area contributed by atoms with Crippen LogP contribution in [0.3, 0.4) is 0 Å². The molecule has 33 heavy (non-hydrogen) atoms. The van der Waals surface area contributed by atoms with Crippen LogP contribution in [0.5, 0.6) is 23.0 Å². The first-order valence-corrected chi connectivity index (χ1v) is 10.6. The fraction of sp³-hybridized carbons (Fsp3) is 0.154. The highest BCUT2D eigenvalue weighted by Gasteiger charge is 2.11. The van der Waals surface area contributed by atoms with Crippen LogP contribution in [0.15, 0.2) is 60.7 Å². The van der Waals surface area contributed by atoms with E-state index in [1.54, 1.807) is 39.5 Å². The first-order chi connectivity index (χ1) is 16.1. The molecule has 0 saturated carbocycles. The second kappa shape index (κ2) is 10.2. The van der Waals surface area contributed by atoms with Crippen molar-refractivity contribution in [1.29, 1.82) is 0 Å². The van der Waals surface area contributed by atoms with Gasteiger partial charge in [0, 0.05) is 11.5 Å². The average Bonchev–Trinajstić information content (AvgIpc) is 2.86. The van der Waals surface area contributed by atoms with Crippen molar-refractivity contribution in [1.82, 2.24) is 9.97 Å². The summed E-state index contributed by atoms with van der Waals surface area (Å²) in [6.07, 6.45) is 3.68. The number of benzene rings is 3. The zero-order valence-electron chi connectivity index (χ0n) is 18.5. The molecule has 0 aliphatic carbocycles. The summed E-state index contributed by atoms with van der Waals surface area (Å²) in [4.78, 5) is 8.97. The minimum Gasteiger partial charge on any atom is -0.493 e. The Morgan fingerprint density at radius 2 is 1.45 bits per heavy atom. The van der Waals surface area contributed by atoms with Crippen LogP contribution in [0.2, 0.25) is 5.15 Å². The van der Waals surface area contributed by atoms with Crippen molar-refractivity contribution in [2.75, 3.05) is 21.3 Å². The van der Waals surface area contributed by atoms with E-state index in [0.29, 0.717) is 51.5 Å². The van der Waals surface area contributed by atoms with E-state index < -0.39 is 0 Å². The van der Waals surface area contributed by atoms with Crippen molar-refractivity contribution >= 4 is 34.7 Å². The molecule has 0 aliphatic heterocycles. The number of fused-ring (bicyclic) bond motifs is 1. The van der Waals surface area contributed by atoms with Gasteiger partial charge in [0.15, 0.2) is 28.8 Å². The van der Waals surface area contributed by atoms with Gasteiger partial charge in [-0.15, -0.1) is 0 Å². The van der Waals surface area contributed by atoms with Gasteiger partial charge in [0.25, 0.3) is 0 Å². The molecule has 6 nitrogen and oxygen atoms in total. The second-order valence-corrected chi connectivity index (χ2v) is 7.47. The van der Waals surface area contributed by atoms with E-state index in [9.17, 15) is 0 Å². The molecule has 1 aromatic heterocycles. The van der Waals surface area contributed by atoms with Crippen molar-refractivity contribution in [3.8, 4) is 23.0 Å². The quantitative estimate of drug-likeness (QED) is 0.297. The number of rotatable bonds is 8. The summed E-state index contributed by atoms with van der Waals surface area (Å²) in [5.74, 6) is 2.93. The Morgan fingerprint density at radius 1 is 0.758 bits per heavy atom. The molecule has 0 aliphatic rings. The van der Waals surface area contributed by atoms with E-state index in [1.165, 1.54) is 0 Å². The van der Waals surface area contributed by atoms with Crippen molar-refractivity contribution in [2.45, 2.75) is 6.61 Å². The van der Waals surface area contributed by atoms with Gasteiger partial charge in [0.2, 0.25) is 0 Å². The van der Waals surface area contributed by atoms with Gasteiger partial charge in [0.1, 0.15) is 11.8 Å². The largest absolute Gasteiger partial charge is 0.493 e. The van der Waals surface area contributed by atoms with Gasteiger partial charge < -0.3 is 18.9 Å². The SMILES string of the molecule is COc1cc2nc(/C=C/c3ccc(OCc4ccccc4)c(OC)c3)nc(Cl)c2cc1OC. The molecule has 0 fully saturated rings. The molecule has 0 radical (unpaired) electrons. The zero-order valence-corrected chi connectivity index (χ0v) is 19.3. The Labute approximate surface area is 197 Å². The summed E-state index contributed by atoms with van der Waals surface area (Å²) in [5, 5.41) is 1.02. The molecular weight excluding hydrogens is 440 g/mol. The number of halogens is 1. The van der Waals surface area contributed by atoms with Gasteiger partial charge in [-0.3, -0.25) is 0 Å². The molecule has 7 heteroatoms. The number of nitrogens with zero attached hydrogens (tertiary/aromatic N) is 2. The van der Waals surface area contributed by atoms with Crippen LogP contribution in [0.4, 0.5) is 0 Å². The summed E-state index contributed by atoms with van der Waals surface area (Å²) in [6.45, 7) is 0.462. The van der Waals surface area contributed by atoms with Crippen LogP contribution in [0.1, 0.15) is 17.0 Å². The Kier molecular flexibility index (Phi) is 6.95. The molecule has 0 bridgehead atoms. The van der Waals surface area contributed by atoms with Crippen LogP contribution in [0, 0.1) is 0 Å². The molecule has 3 aromatic carbocycles. The minimum absolute atomic E-state index is 0.336. The molecule has 0 amide bonds. The molecule has 0 unspecified atom stereocenters. The maximum atomic E-state index is 6.40. The standard InChI is InChI=1S/C26H23ClN2O4/c1-30-22-13-17(9-11-21(22)33-16-18-7-5-4-6-8-18)10-12-25-28-20-15-24(32-3)23(31-2)14-19(20)26(27)29-25/h4-15H,16H2,1-3H3/b12-10+. The van der Waals surface area contributed by atoms with Gasteiger partial charge in [-0.25, -0.2) is 9.97 Å². The normalized spacial score (nSPS) is 11.0. The van der Waals surface area contributed by atoms with Crippen molar-refractivity contribution in [2.24, 2.45) is 0 Å². The van der Waals surface area contributed by atoms with Crippen molar-refractivity contribution in [3.63, 3.8) is 0 Å². The topological polar surface area (TPSA) is 62.7 Å². The van der Waals surface area contributed by atoms with Crippen LogP contribution < -0.4 is 18.9 Å². The third-order valence-electron chi connectivity index (χ3n) is 5.02. The zero-order chi connectivity index (χ0) is 23.2. The molecule has 1 heterocycles. The number of hydrogen-bond acceptors (Lipinski definition) is 6. The summed E-state index contributed by atoms with van der Waals surface area (Å²) < 4.78 is 22.1. The first kappa shape index (κ1) is 22.4. The lowest BCUT2D eigenvalue weighted by molar-refractivity contribution is 0.284. The number of hydrogen-bond donors (Lipinski definition) is 0. The van der Waals surface area contributed by atoms with Crippen molar-refractivity contribution < 1.29 is 18.9 Å². The predicted molar refractivity (Wildman–Crippen MR) is 130 cm³/mol. The fourth-order valence-electron chi connectivity index (χ4n) is 3.32. The average molecular weight is 463 g/mol. The third kappa shape index (κ3) is 5.18. The van der Waals surface area contributed by atoms with Gasteiger partial charge in [-0.2, -0.15) is 0 Å². The molecular formula is C26H23ClN2O4. The van der Waals surface area contributed by atoms with Crippen LogP contribution in [-0.2, 0) is 6.61 Å². The molecule has 0 saturated heterocycles. The molecule has 0 spiro atoms. The Balaban J connectivity index is 1.56. The Hall–Kier alpha value is -3.77. The smallest absolute Gasteiger partial charge is 0.162 e. The van der Waals surface area contributed by atoms with Crippen LogP contribution in [0.25, 0.3) is 23.1 Å². The van der Waals surface area contributed by atoms with Crippen LogP contribution >= 0.6 is 11.6 Å². The number of methoxy groups -OCH3 is 3. The Bertz CT molecular complexity index is 1290. The van der Waals surface area contributed by atoms with E-state index in [4.69, 9.17) is 30.5 Å². The van der Waals surface area contributed by atoms with E-state index in [2.05, 4.69) is 9.97 Å². The molecule has 4 rings (SSSR count). The number of aromatic nitrogens is 2.